The van der Waals surface area contributed by atoms with E-state index in [-0.39, 0.29) is 0 Å². The number of para-hydroxylation sites is 1. The van der Waals surface area contributed by atoms with Crippen LogP contribution in [-0.2, 0) is 0 Å². The number of furan rings is 1. The van der Waals surface area contributed by atoms with Crippen molar-refractivity contribution >= 4 is 97.7 Å². The first kappa shape index (κ1) is 27.7. The van der Waals surface area contributed by atoms with Crippen molar-refractivity contribution in [3.05, 3.63) is 164 Å². The van der Waals surface area contributed by atoms with Gasteiger partial charge in [-0.2, -0.15) is 4.98 Å². The summed E-state index contributed by atoms with van der Waals surface area (Å²) in [6.07, 6.45) is 0. The lowest BCUT2D eigenvalue weighted by molar-refractivity contribution is 0.651. The van der Waals surface area contributed by atoms with Crippen LogP contribution in [-0.4, -0.2) is 14.5 Å². The average Bonchev–Trinajstić information content (AvgIpc) is 3.76. The van der Waals surface area contributed by atoms with Crippen LogP contribution in [0.1, 0.15) is 0 Å². The van der Waals surface area contributed by atoms with Gasteiger partial charge in [0.1, 0.15) is 5.58 Å². The van der Waals surface area contributed by atoms with Gasteiger partial charge in [0.05, 0.1) is 22.1 Å². The van der Waals surface area contributed by atoms with Gasteiger partial charge in [-0.15, -0.1) is 0 Å². The van der Waals surface area contributed by atoms with E-state index in [1.807, 2.05) is 18.2 Å². The summed E-state index contributed by atoms with van der Waals surface area (Å²) in [7, 11) is 0. The lowest BCUT2D eigenvalue weighted by Gasteiger charge is -2.13. The van der Waals surface area contributed by atoms with Crippen molar-refractivity contribution < 1.29 is 4.42 Å². The monoisotopic (exact) mass is 661 g/mol. The third-order valence-electron chi connectivity index (χ3n) is 11.0. The molecule has 3 aromatic heterocycles. The second-order valence-electron chi connectivity index (χ2n) is 13.7. The highest BCUT2D eigenvalue weighted by molar-refractivity contribution is 6.36. The van der Waals surface area contributed by atoms with E-state index in [4.69, 9.17) is 14.4 Å². The minimum absolute atomic E-state index is 0.571. The summed E-state index contributed by atoms with van der Waals surface area (Å²) >= 11 is 0. The van der Waals surface area contributed by atoms with E-state index in [1.54, 1.807) is 0 Å². The van der Waals surface area contributed by atoms with E-state index < -0.39 is 0 Å². The molecule has 0 aliphatic carbocycles. The second kappa shape index (κ2) is 10.3. The zero-order valence-corrected chi connectivity index (χ0v) is 27.8. The highest BCUT2D eigenvalue weighted by Gasteiger charge is 2.24. The Labute approximate surface area is 296 Å². The first-order chi connectivity index (χ1) is 25.8. The van der Waals surface area contributed by atoms with Gasteiger partial charge >= 0.3 is 0 Å². The maximum atomic E-state index is 6.56. The van der Waals surface area contributed by atoms with Crippen molar-refractivity contribution in [1.82, 2.24) is 14.5 Å². The molecule has 9 aromatic carbocycles. The molecule has 240 valence electrons. The Balaban J connectivity index is 1.29. The van der Waals surface area contributed by atoms with Gasteiger partial charge in [-0.25, -0.2) is 4.98 Å². The van der Waals surface area contributed by atoms with Crippen molar-refractivity contribution in [3.63, 3.8) is 0 Å². The lowest BCUT2D eigenvalue weighted by Crippen LogP contribution is -2.03. The first-order valence-corrected chi connectivity index (χ1v) is 17.7. The van der Waals surface area contributed by atoms with Crippen LogP contribution in [0.2, 0.25) is 0 Å². The number of fused-ring (bicyclic) bond motifs is 16. The Morgan fingerprint density at radius 1 is 0.404 bits per heavy atom. The Morgan fingerprint density at radius 3 is 1.81 bits per heavy atom. The Hall–Kier alpha value is -7.04. The number of rotatable bonds is 2. The summed E-state index contributed by atoms with van der Waals surface area (Å²) in [6, 6.07) is 58.5. The van der Waals surface area contributed by atoms with Crippen molar-refractivity contribution in [2.24, 2.45) is 0 Å². The highest BCUT2D eigenvalue weighted by atomic mass is 16.3. The van der Waals surface area contributed by atoms with Crippen LogP contribution < -0.4 is 0 Å². The van der Waals surface area contributed by atoms with E-state index in [0.717, 1.165) is 49.4 Å². The summed E-state index contributed by atoms with van der Waals surface area (Å²) in [6.45, 7) is 0. The summed E-state index contributed by atoms with van der Waals surface area (Å²) in [4.78, 5) is 10.8. The summed E-state index contributed by atoms with van der Waals surface area (Å²) < 4.78 is 8.84. The summed E-state index contributed by atoms with van der Waals surface area (Å²) in [5.74, 6) is 0.579. The van der Waals surface area contributed by atoms with Crippen LogP contribution >= 0.6 is 0 Å². The van der Waals surface area contributed by atoms with Crippen molar-refractivity contribution in [2.75, 3.05) is 0 Å². The largest absolute Gasteiger partial charge is 0.437 e. The molecule has 0 bridgehead atoms. The van der Waals surface area contributed by atoms with Crippen LogP contribution in [0.15, 0.2) is 168 Å². The SMILES string of the molecule is c1ccc2cc(-c3nc(-n4c5ccc6c7ccccc7c7ccccc7c6c5c5ccc6ccccc6c54)nc4oc5ccccc5c34)ccc2c1. The number of benzene rings is 9. The maximum absolute atomic E-state index is 6.56. The van der Waals surface area contributed by atoms with E-state index in [0.29, 0.717) is 11.7 Å². The first-order valence-electron chi connectivity index (χ1n) is 17.7. The van der Waals surface area contributed by atoms with Gasteiger partial charge in [0.15, 0.2) is 0 Å². The van der Waals surface area contributed by atoms with E-state index in [1.165, 1.54) is 53.9 Å². The molecule has 52 heavy (non-hydrogen) atoms. The predicted molar refractivity (Wildman–Crippen MR) is 217 cm³/mol. The fourth-order valence-corrected chi connectivity index (χ4v) is 8.73. The Morgan fingerprint density at radius 2 is 1.00 bits per heavy atom. The molecule has 4 nitrogen and oxygen atoms in total. The third-order valence-corrected chi connectivity index (χ3v) is 11.0. The average molecular weight is 662 g/mol. The molecule has 3 heterocycles. The highest BCUT2D eigenvalue weighted by Crippen LogP contribution is 2.45. The van der Waals surface area contributed by atoms with Crippen molar-refractivity contribution in [1.29, 1.82) is 0 Å². The topological polar surface area (TPSA) is 43.9 Å². The second-order valence-corrected chi connectivity index (χ2v) is 13.7. The van der Waals surface area contributed by atoms with E-state index in [2.05, 4.69) is 150 Å². The molecule has 0 atom stereocenters. The zero-order chi connectivity index (χ0) is 33.9. The summed E-state index contributed by atoms with van der Waals surface area (Å²) in [5, 5.41) is 16.4. The van der Waals surface area contributed by atoms with Gasteiger partial charge < -0.3 is 4.42 Å². The molecular weight excluding hydrogens is 635 g/mol. The normalized spacial score (nSPS) is 12.2. The van der Waals surface area contributed by atoms with Gasteiger partial charge in [0, 0.05) is 32.5 Å². The maximum Gasteiger partial charge on any atom is 0.238 e. The molecule has 0 spiro atoms. The van der Waals surface area contributed by atoms with Crippen LogP contribution in [0.25, 0.3) is 115 Å². The Bertz CT molecular complexity index is 3440. The number of hydrogen-bond donors (Lipinski definition) is 0. The quantitative estimate of drug-likeness (QED) is 0.173. The molecule has 0 radical (unpaired) electrons. The molecule has 12 aromatic rings. The van der Waals surface area contributed by atoms with Gasteiger partial charge in [0.2, 0.25) is 11.7 Å². The standard InChI is InChI=1S/C48H27N3O/c1-2-13-30-27-31(22-21-28(30)11-1)45-44-38-19-9-10-20-41(38)52-47(44)50-48(49-45)51-40-26-25-37-35-17-6-5-15-33(35)34-16-7-8-18-36(34)42(37)43(40)39-24-23-29-12-3-4-14-32(29)46(39)51/h1-27H. The molecule has 0 fully saturated rings. The number of nitrogens with zero attached hydrogens (tertiary/aromatic N) is 3. The van der Waals surface area contributed by atoms with Gasteiger partial charge in [-0.3, -0.25) is 4.57 Å². The van der Waals surface area contributed by atoms with Crippen LogP contribution in [0.4, 0.5) is 0 Å². The molecule has 4 heteroatoms. The van der Waals surface area contributed by atoms with Gasteiger partial charge in [-0.05, 0) is 61.3 Å². The molecule has 0 aliphatic heterocycles. The summed E-state index contributed by atoms with van der Waals surface area (Å²) in [5.41, 5.74) is 5.37. The molecule has 0 amide bonds. The molecule has 0 saturated carbocycles. The van der Waals surface area contributed by atoms with Crippen molar-refractivity contribution in [2.45, 2.75) is 0 Å². The molecule has 0 N–H and O–H groups in total. The minimum Gasteiger partial charge on any atom is -0.437 e. The molecule has 0 unspecified atom stereocenters. The van der Waals surface area contributed by atoms with E-state index >= 15 is 0 Å². The minimum atomic E-state index is 0.571. The van der Waals surface area contributed by atoms with Crippen molar-refractivity contribution in [3.8, 4) is 17.2 Å². The van der Waals surface area contributed by atoms with E-state index in [9.17, 15) is 0 Å². The molecular formula is C48H27N3O. The fourth-order valence-electron chi connectivity index (χ4n) is 8.73. The van der Waals surface area contributed by atoms with Crippen LogP contribution in [0, 0.1) is 0 Å². The van der Waals surface area contributed by atoms with Gasteiger partial charge in [-0.1, -0.05) is 146 Å². The third kappa shape index (κ3) is 3.70. The number of hydrogen-bond acceptors (Lipinski definition) is 3. The smallest absolute Gasteiger partial charge is 0.238 e. The zero-order valence-electron chi connectivity index (χ0n) is 27.8. The molecule has 0 aliphatic rings. The molecule has 0 saturated heterocycles. The predicted octanol–water partition coefficient (Wildman–Crippen LogP) is 12.9. The number of aromatic nitrogens is 3. The fraction of sp³-hybridized carbons (Fsp3) is 0. The van der Waals surface area contributed by atoms with Gasteiger partial charge in [0.25, 0.3) is 0 Å². The van der Waals surface area contributed by atoms with Crippen LogP contribution in [0.3, 0.4) is 0 Å². The Kier molecular flexibility index (Phi) is 5.47. The lowest BCUT2D eigenvalue weighted by atomic mass is 9.91. The van der Waals surface area contributed by atoms with Crippen LogP contribution in [0.5, 0.6) is 0 Å². The molecule has 12 rings (SSSR count).